The van der Waals surface area contributed by atoms with Crippen molar-refractivity contribution in [3.8, 4) is 0 Å². The number of aliphatic hydroxyl groups excluding tert-OH is 4. The Balaban J connectivity index is 2.21. The molecular formula is C48H82O9. The van der Waals surface area contributed by atoms with Crippen LogP contribution in [-0.4, -0.2) is 89.6 Å². The third-order valence-corrected chi connectivity index (χ3v) is 9.84. The lowest BCUT2D eigenvalue weighted by Crippen LogP contribution is -2.59. The Bertz CT molecular complexity index is 1100. The van der Waals surface area contributed by atoms with Crippen LogP contribution in [0.4, 0.5) is 0 Å². The first-order chi connectivity index (χ1) is 27.9. The van der Waals surface area contributed by atoms with Crippen molar-refractivity contribution in [1.82, 2.24) is 0 Å². The molecule has 1 heterocycles. The predicted octanol–water partition coefficient (Wildman–Crippen LogP) is 10.1. The number of rotatable bonds is 37. The van der Waals surface area contributed by atoms with Crippen molar-refractivity contribution in [3.05, 3.63) is 72.9 Å². The Labute approximate surface area is 347 Å². The molecule has 57 heavy (non-hydrogen) atoms. The molecule has 9 nitrogen and oxygen atoms in total. The second kappa shape index (κ2) is 39.1. The van der Waals surface area contributed by atoms with E-state index >= 15 is 0 Å². The second-order valence-electron chi connectivity index (χ2n) is 15.1. The Morgan fingerprint density at radius 1 is 0.579 bits per heavy atom. The molecule has 1 rings (SSSR count). The van der Waals surface area contributed by atoms with Gasteiger partial charge in [-0.25, -0.2) is 0 Å². The fourth-order valence-electron chi connectivity index (χ4n) is 6.34. The summed E-state index contributed by atoms with van der Waals surface area (Å²) in [7, 11) is 0. The summed E-state index contributed by atoms with van der Waals surface area (Å²) in [6.45, 7) is 4.33. The minimum absolute atomic E-state index is 0.124. The molecule has 0 saturated carbocycles. The molecule has 0 aliphatic carbocycles. The van der Waals surface area contributed by atoms with Crippen molar-refractivity contribution in [1.29, 1.82) is 0 Å². The summed E-state index contributed by atoms with van der Waals surface area (Å²) in [5.74, 6) is -0.332. The van der Waals surface area contributed by atoms with Gasteiger partial charge >= 0.3 is 5.97 Å². The van der Waals surface area contributed by atoms with Crippen LogP contribution in [0.3, 0.4) is 0 Å². The van der Waals surface area contributed by atoms with E-state index in [1.54, 1.807) is 0 Å². The summed E-state index contributed by atoms with van der Waals surface area (Å²) in [6, 6.07) is 0. The van der Waals surface area contributed by atoms with E-state index in [1.807, 2.05) is 0 Å². The van der Waals surface area contributed by atoms with Crippen molar-refractivity contribution in [2.24, 2.45) is 0 Å². The van der Waals surface area contributed by atoms with E-state index in [4.69, 9.17) is 18.9 Å². The standard InChI is InChI=1S/C48H82O9/c1-3-5-7-9-11-13-15-16-17-18-19-20-21-22-23-24-25-26-27-28-30-32-34-36-38-54-40-42(41-55-48-47(53)46(52)45(51)43(39-49)57-48)56-44(50)37-35-33-31-29-14-12-10-8-6-4-2/h5,7-8,10-11,13,16-17,19-20,22-23,42-43,45-49,51-53H,3-4,6,9,12,14-15,18,21,24-41H2,1-2H3/b7-5-,10-8-,13-11-,17-16-,20-19-,23-22-. The van der Waals surface area contributed by atoms with Gasteiger partial charge in [0.25, 0.3) is 0 Å². The fraction of sp³-hybridized carbons (Fsp3) is 0.729. The van der Waals surface area contributed by atoms with Gasteiger partial charge in [-0.2, -0.15) is 0 Å². The number of aliphatic hydroxyl groups is 4. The van der Waals surface area contributed by atoms with Crippen LogP contribution in [0.15, 0.2) is 72.9 Å². The fourth-order valence-corrected chi connectivity index (χ4v) is 6.34. The highest BCUT2D eigenvalue weighted by Gasteiger charge is 2.44. The van der Waals surface area contributed by atoms with Gasteiger partial charge in [0.05, 0.1) is 19.8 Å². The van der Waals surface area contributed by atoms with E-state index in [2.05, 4.69) is 86.8 Å². The highest BCUT2D eigenvalue weighted by Crippen LogP contribution is 2.22. The molecule has 6 atom stereocenters. The number of hydrogen-bond donors (Lipinski definition) is 4. The lowest BCUT2D eigenvalue weighted by atomic mass is 9.99. The molecule has 0 amide bonds. The summed E-state index contributed by atoms with van der Waals surface area (Å²) in [6.07, 6.45) is 43.7. The number of carbonyl (C=O) groups excluding carboxylic acids is 1. The molecule has 1 fully saturated rings. The first kappa shape index (κ1) is 52.6. The molecular weight excluding hydrogens is 721 g/mol. The number of unbranched alkanes of at least 4 members (excludes halogenated alkanes) is 14. The molecule has 0 bridgehead atoms. The number of esters is 1. The minimum atomic E-state index is -1.54. The average Bonchev–Trinajstić information content (AvgIpc) is 3.21. The number of carbonyl (C=O) groups is 1. The molecule has 1 aliphatic heterocycles. The molecule has 328 valence electrons. The van der Waals surface area contributed by atoms with Gasteiger partial charge in [-0.1, -0.05) is 151 Å². The van der Waals surface area contributed by atoms with Crippen LogP contribution in [0.5, 0.6) is 0 Å². The molecule has 0 radical (unpaired) electrons. The van der Waals surface area contributed by atoms with Crippen LogP contribution in [0.1, 0.15) is 162 Å². The number of hydrogen-bond acceptors (Lipinski definition) is 9. The van der Waals surface area contributed by atoms with Crippen molar-refractivity contribution in [2.45, 2.75) is 198 Å². The normalized spacial score (nSPS) is 21.1. The smallest absolute Gasteiger partial charge is 0.306 e. The van der Waals surface area contributed by atoms with Crippen molar-refractivity contribution in [3.63, 3.8) is 0 Å². The molecule has 4 N–H and O–H groups in total. The van der Waals surface area contributed by atoms with Gasteiger partial charge < -0.3 is 39.4 Å². The third kappa shape index (κ3) is 30.4. The zero-order chi connectivity index (χ0) is 41.4. The van der Waals surface area contributed by atoms with Crippen molar-refractivity contribution >= 4 is 5.97 Å². The molecule has 0 aromatic heterocycles. The van der Waals surface area contributed by atoms with Gasteiger partial charge in [0.1, 0.15) is 30.5 Å². The van der Waals surface area contributed by atoms with Crippen molar-refractivity contribution < 1.29 is 44.2 Å². The summed E-state index contributed by atoms with van der Waals surface area (Å²) >= 11 is 0. The summed E-state index contributed by atoms with van der Waals surface area (Å²) in [4.78, 5) is 12.7. The Hall–Kier alpha value is -2.37. The Morgan fingerprint density at radius 3 is 1.63 bits per heavy atom. The summed E-state index contributed by atoms with van der Waals surface area (Å²) < 4.78 is 22.7. The van der Waals surface area contributed by atoms with Gasteiger partial charge in [-0.3, -0.25) is 4.79 Å². The number of ether oxygens (including phenoxy) is 4. The maximum atomic E-state index is 12.7. The molecule has 0 aromatic rings. The molecule has 1 saturated heterocycles. The van der Waals surface area contributed by atoms with Crippen LogP contribution in [0.25, 0.3) is 0 Å². The molecule has 1 aliphatic rings. The molecule has 0 aromatic carbocycles. The zero-order valence-corrected chi connectivity index (χ0v) is 35.8. The third-order valence-electron chi connectivity index (χ3n) is 9.84. The maximum Gasteiger partial charge on any atom is 0.306 e. The summed E-state index contributed by atoms with van der Waals surface area (Å²) in [5.41, 5.74) is 0. The average molecular weight is 803 g/mol. The summed E-state index contributed by atoms with van der Waals surface area (Å²) in [5, 5.41) is 40.0. The lowest BCUT2D eigenvalue weighted by molar-refractivity contribution is -0.305. The largest absolute Gasteiger partial charge is 0.457 e. The highest BCUT2D eigenvalue weighted by molar-refractivity contribution is 5.69. The van der Waals surface area contributed by atoms with Gasteiger partial charge in [0.15, 0.2) is 6.29 Å². The molecule has 6 unspecified atom stereocenters. The van der Waals surface area contributed by atoms with E-state index in [0.717, 1.165) is 103 Å². The SMILES string of the molecule is CC/C=C\C/C=C\C/C=C\C/C=C\C/C=C\CCCCCCCCCCOCC(COC1OC(CO)C(O)C(O)C1O)OC(=O)CCCCCCC/C=C\CCC. The van der Waals surface area contributed by atoms with Gasteiger partial charge in [0.2, 0.25) is 0 Å². The topological polar surface area (TPSA) is 135 Å². The van der Waals surface area contributed by atoms with Crippen LogP contribution in [0.2, 0.25) is 0 Å². The van der Waals surface area contributed by atoms with Crippen LogP contribution < -0.4 is 0 Å². The Kier molecular flexibility index (Phi) is 36.1. The zero-order valence-electron chi connectivity index (χ0n) is 35.8. The molecule has 9 heteroatoms. The predicted molar refractivity (Wildman–Crippen MR) is 233 cm³/mol. The minimum Gasteiger partial charge on any atom is -0.457 e. The van der Waals surface area contributed by atoms with E-state index in [9.17, 15) is 25.2 Å². The monoisotopic (exact) mass is 803 g/mol. The van der Waals surface area contributed by atoms with E-state index in [0.29, 0.717) is 13.0 Å². The first-order valence-corrected chi connectivity index (χ1v) is 22.5. The number of allylic oxidation sites excluding steroid dienone is 12. The van der Waals surface area contributed by atoms with Crippen LogP contribution in [-0.2, 0) is 23.7 Å². The van der Waals surface area contributed by atoms with Crippen molar-refractivity contribution in [2.75, 3.05) is 26.4 Å². The molecule has 0 spiro atoms. The Morgan fingerprint density at radius 2 is 1.07 bits per heavy atom. The van der Waals surface area contributed by atoms with Gasteiger partial charge in [0, 0.05) is 13.0 Å². The van der Waals surface area contributed by atoms with Gasteiger partial charge in [-0.15, -0.1) is 0 Å². The van der Waals surface area contributed by atoms with Gasteiger partial charge in [-0.05, 0) is 77.0 Å². The quantitative estimate of drug-likeness (QED) is 0.0275. The highest BCUT2D eigenvalue weighted by atomic mass is 16.7. The maximum absolute atomic E-state index is 12.7. The van der Waals surface area contributed by atoms with E-state index in [-0.39, 0.29) is 19.2 Å². The van der Waals surface area contributed by atoms with Crippen LogP contribution in [0, 0.1) is 0 Å². The second-order valence-corrected chi connectivity index (χ2v) is 15.1. The first-order valence-electron chi connectivity index (χ1n) is 22.5. The van der Waals surface area contributed by atoms with E-state index < -0.39 is 43.4 Å². The lowest BCUT2D eigenvalue weighted by Gasteiger charge is -2.39. The van der Waals surface area contributed by atoms with E-state index in [1.165, 1.54) is 38.5 Å². The van der Waals surface area contributed by atoms with Crippen LogP contribution >= 0.6 is 0 Å².